The smallest absolute Gasteiger partial charge is 0.181 e. The molecule has 0 aromatic heterocycles. The highest BCUT2D eigenvalue weighted by Gasteiger charge is 2.26. The Morgan fingerprint density at radius 2 is 1.89 bits per heavy atom. The van der Waals surface area contributed by atoms with Gasteiger partial charge >= 0.3 is 0 Å². The van der Waals surface area contributed by atoms with Crippen LogP contribution in [0.4, 0.5) is 0 Å². The first-order valence-corrected chi connectivity index (χ1v) is 9.38. The molecule has 0 aliphatic heterocycles. The Balaban J connectivity index is 2.38. The summed E-state index contributed by atoms with van der Waals surface area (Å²) in [4.78, 5) is 24.4. The maximum Gasteiger partial charge on any atom is 0.181 e. The van der Waals surface area contributed by atoms with Crippen molar-refractivity contribution < 1.29 is 15.0 Å². The zero-order chi connectivity index (χ0) is 19.7. The number of aryl methyl sites for hydroxylation is 2. The lowest BCUT2D eigenvalue weighted by atomic mass is 9.86. The van der Waals surface area contributed by atoms with Gasteiger partial charge in [0.1, 0.15) is 5.78 Å². The summed E-state index contributed by atoms with van der Waals surface area (Å²) < 4.78 is 0. The number of benzene rings is 1. The van der Waals surface area contributed by atoms with E-state index in [2.05, 4.69) is 0 Å². The molecule has 4 heteroatoms. The lowest BCUT2D eigenvalue weighted by Crippen LogP contribution is -2.07. The topological polar surface area (TPSA) is 74.6 Å². The maximum absolute atomic E-state index is 12.5. The Morgan fingerprint density at radius 1 is 1.15 bits per heavy atom. The van der Waals surface area contributed by atoms with E-state index in [-0.39, 0.29) is 30.3 Å². The molecular formula is C23H26O4. The first-order chi connectivity index (χ1) is 12.9. The summed E-state index contributed by atoms with van der Waals surface area (Å²) in [6.07, 6.45) is 1.94. The summed E-state index contributed by atoms with van der Waals surface area (Å²) in [6, 6.07) is 7.45. The van der Waals surface area contributed by atoms with Crippen LogP contribution in [-0.2, 0) is 24.4 Å². The van der Waals surface area contributed by atoms with Crippen LogP contribution >= 0.6 is 0 Å². The molecule has 2 aromatic carbocycles. The molecule has 0 fully saturated rings. The molecule has 2 aromatic rings. The van der Waals surface area contributed by atoms with Gasteiger partial charge < -0.3 is 15.0 Å². The zero-order valence-electron chi connectivity index (χ0n) is 16.1. The molecule has 27 heavy (non-hydrogen) atoms. The molecule has 1 aliphatic rings. The van der Waals surface area contributed by atoms with Crippen LogP contribution in [0, 0.1) is 13.8 Å². The summed E-state index contributed by atoms with van der Waals surface area (Å²) in [7, 11) is 0. The van der Waals surface area contributed by atoms with Crippen LogP contribution in [-0.4, -0.2) is 16.0 Å². The number of aliphatic hydroxyl groups is 2. The van der Waals surface area contributed by atoms with Crippen LogP contribution in [0.3, 0.4) is 0 Å². The number of hydrogen-bond acceptors (Lipinski definition) is 4. The maximum atomic E-state index is 12.5. The number of ketones is 1. The molecule has 0 bridgehead atoms. The summed E-state index contributed by atoms with van der Waals surface area (Å²) in [6.45, 7) is 5.06. The van der Waals surface area contributed by atoms with E-state index in [1.54, 1.807) is 19.9 Å². The number of carbonyl (C=O) groups excluding carboxylic acids is 1. The van der Waals surface area contributed by atoms with E-state index in [4.69, 9.17) is 0 Å². The van der Waals surface area contributed by atoms with E-state index in [9.17, 15) is 19.8 Å². The van der Waals surface area contributed by atoms with Gasteiger partial charge in [-0.05, 0) is 90.1 Å². The average Bonchev–Trinajstić information content (AvgIpc) is 2.85. The number of rotatable bonds is 4. The van der Waals surface area contributed by atoms with Crippen molar-refractivity contribution in [3.05, 3.63) is 67.9 Å². The SMILES string of the molecule is CC(=O)C[C@H]1CCc2cc(CO)c(CO)c(C)c2-c2ccc(C)c(=O)cc21. The van der Waals surface area contributed by atoms with E-state index in [1.165, 1.54) is 0 Å². The highest BCUT2D eigenvalue weighted by molar-refractivity contribution is 5.80. The van der Waals surface area contributed by atoms with Gasteiger partial charge in [0.2, 0.25) is 0 Å². The third-order valence-electron chi connectivity index (χ3n) is 5.70. The molecule has 1 atom stereocenters. The fraction of sp³-hybridized carbons (Fsp3) is 0.391. The molecule has 3 rings (SSSR count). The zero-order valence-corrected chi connectivity index (χ0v) is 16.1. The summed E-state index contributed by atoms with van der Waals surface area (Å²) >= 11 is 0. The Morgan fingerprint density at radius 3 is 2.52 bits per heavy atom. The number of hydrogen-bond donors (Lipinski definition) is 2. The van der Waals surface area contributed by atoms with Gasteiger partial charge in [0.05, 0.1) is 13.2 Å². The van der Waals surface area contributed by atoms with Crippen molar-refractivity contribution in [1.82, 2.24) is 0 Å². The molecule has 0 unspecified atom stereocenters. The van der Waals surface area contributed by atoms with Crippen molar-refractivity contribution in [2.75, 3.05) is 0 Å². The Hall–Kier alpha value is -2.30. The van der Waals surface area contributed by atoms with Crippen LogP contribution in [0.15, 0.2) is 29.1 Å². The third-order valence-corrected chi connectivity index (χ3v) is 5.70. The Kier molecular flexibility index (Phi) is 5.59. The molecule has 0 amide bonds. The van der Waals surface area contributed by atoms with E-state index in [1.807, 2.05) is 25.1 Å². The van der Waals surface area contributed by atoms with Gasteiger partial charge in [-0.1, -0.05) is 18.2 Å². The van der Waals surface area contributed by atoms with Gasteiger partial charge in [-0.25, -0.2) is 0 Å². The number of aliphatic hydroxyl groups excluding tert-OH is 2. The highest BCUT2D eigenvalue weighted by Crippen LogP contribution is 2.42. The summed E-state index contributed by atoms with van der Waals surface area (Å²) in [5, 5.41) is 19.6. The molecule has 0 heterocycles. The van der Waals surface area contributed by atoms with Gasteiger partial charge in [0.25, 0.3) is 0 Å². The van der Waals surface area contributed by atoms with Gasteiger partial charge in [0, 0.05) is 6.42 Å². The second kappa shape index (κ2) is 7.75. The van der Waals surface area contributed by atoms with Crippen LogP contribution in [0.1, 0.15) is 59.1 Å². The molecular weight excluding hydrogens is 340 g/mol. The van der Waals surface area contributed by atoms with Gasteiger partial charge in [0.15, 0.2) is 5.43 Å². The number of carbonyl (C=O) groups is 1. The van der Waals surface area contributed by atoms with E-state index >= 15 is 0 Å². The second-order valence-corrected chi connectivity index (χ2v) is 7.53. The van der Waals surface area contributed by atoms with Crippen molar-refractivity contribution in [3.8, 4) is 11.1 Å². The molecule has 2 N–H and O–H groups in total. The van der Waals surface area contributed by atoms with Crippen LogP contribution < -0.4 is 5.43 Å². The number of Topliss-reactive ketones (excluding diaryl/α,β-unsaturated/α-hetero) is 1. The molecule has 0 radical (unpaired) electrons. The van der Waals surface area contributed by atoms with Gasteiger partial charge in [-0.15, -0.1) is 0 Å². The van der Waals surface area contributed by atoms with Gasteiger partial charge in [-0.3, -0.25) is 4.79 Å². The minimum absolute atomic E-state index is 0.0149. The fourth-order valence-corrected chi connectivity index (χ4v) is 4.26. The monoisotopic (exact) mass is 366 g/mol. The summed E-state index contributed by atoms with van der Waals surface area (Å²) in [5.41, 5.74) is 7.02. The molecule has 4 nitrogen and oxygen atoms in total. The fourth-order valence-electron chi connectivity index (χ4n) is 4.26. The lowest BCUT2D eigenvalue weighted by Gasteiger charge is -2.18. The van der Waals surface area contributed by atoms with Crippen molar-refractivity contribution in [2.24, 2.45) is 0 Å². The van der Waals surface area contributed by atoms with Crippen molar-refractivity contribution >= 4 is 5.78 Å². The predicted octanol–water partition coefficient (Wildman–Crippen LogP) is 3.32. The summed E-state index contributed by atoms with van der Waals surface area (Å²) in [5.74, 6) is 0.0929. The third kappa shape index (κ3) is 3.60. The van der Waals surface area contributed by atoms with Gasteiger partial charge in [-0.2, -0.15) is 0 Å². The average molecular weight is 366 g/mol. The standard InChI is InChI=1S/C23H26O4/c1-13-4-7-19-20(10-22(13)27)16(8-14(2)26)5-6-17-9-18(11-24)21(12-25)15(3)23(17)19/h4,7,9-10,16,24-25H,5-6,8,11-12H2,1-3H3/t16-/m1/s1. The largest absolute Gasteiger partial charge is 0.392 e. The molecule has 1 aliphatic carbocycles. The molecule has 142 valence electrons. The van der Waals surface area contributed by atoms with Crippen LogP contribution in [0.2, 0.25) is 0 Å². The Labute approximate surface area is 159 Å². The predicted molar refractivity (Wildman–Crippen MR) is 106 cm³/mol. The number of fused-ring (bicyclic) bond motifs is 3. The molecule has 0 saturated heterocycles. The van der Waals surface area contributed by atoms with Crippen LogP contribution in [0.5, 0.6) is 0 Å². The highest BCUT2D eigenvalue weighted by atomic mass is 16.3. The normalized spacial score (nSPS) is 15.7. The van der Waals surface area contributed by atoms with Crippen LogP contribution in [0.25, 0.3) is 11.1 Å². The van der Waals surface area contributed by atoms with Crippen molar-refractivity contribution in [2.45, 2.75) is 59.2 Å². The minimum Gasteiger partial charge on any atom is -0.392 e. The minimum atomic E-state index is -0.147. The van der Waals surface area contributed by atoms with E-state index in [0.29, 0.717) is 12.0 Å². The lowest BCUT2D eigenvalue weighted by molar-refractivity contribution is -0.117. The first kappa shape index (κ1) is 19.5. The second-order valence-electron chi connectivity index (χ2n) is 7.53. The first-order valence-electron chi connectivity index (χ1n) is 9.38. The van der Waals surface area contributed by atoms with E-state index in [0.717, 1.165) is 51.8 Å². The van der Waals surface area contributed by atoms with E-state index < -0.39 is 0 Å². The Bertz CT molecular complexity index is 959. The molecule has 0 spiro atoms. The van der Waals surface area contributed by atoms with Crippen molar-refractivity contribution in [1.29, 1.82) is 0 Å². The molecule has 0 saturated carbocycles. The quantitative estimate of drug-likeness (QED) is 0.870. The van der Waals surface area contributed by atoms with Crippen molar-refractivity contribution in [3.63, 3.8) is 0 Å².